The van der Waals surface area contributed by atoms with E-state index in [0.717, 1.165) is 0 Å². The van der Waals surface area contributed by atoms with E-state index in [9.17, 15) is 19.5 Å². The second kappa shape index (κ2) is 6.10. The number of carbonyl (C=O) groups is 3. The maximum absolute atomic E-state index is 12.5. The molecule has 0 aromatic heterocycles. The minimum atomic E-state index is -0.972. The van der Waals surface area contributed by atoms with Crippen LogP contribution in [0.2, 0.25) is 0 Å². The van der Waals surface area contributed by atoms with E-state index in [4.69, 9.17) is 0 Å². The third-order valence-corrected chi connectivity index (χ3v) is 5.77. The predicted molar refractivity (Wildman–Crippen MR) is 89.3 cm³/mol. The van der Waals surface area contributed by atoms with Gasteiger partial charge in [-0.1, -0.05) is 30.3 Å². The summed E-state index contributed by atoms with van der Waals surface area (Å²) in [7, 11) is 0. The Morgan fingerprint density at radius 1 is 1.12 bits per heavy atom. The number of aliphatic carboxylic acids is 1. The maximum atomic E-state index is 12.5. The SMILES string of the molecule is CC1(C)S[C@H]([C@H]2NC(=O)[C@@H](c3ccccc3)NC2=O)N[C@H]1C(=O)O. The summed E-state index contributed by atoms with van der Waals surface area (Å²) >= 11 is 1.35. The zero-order valence-corrected chi connectivity index (χ0v) is 14.1. The number of thioether (sulfide) groups is 1. The molecule has 8 heteroatoms. The molecule has 24 heavy (non-hydrogen) atoms. The highest BCUT2D eigenvalue weighted by Gasteiger charge is 2.50. The molecular weight excluding hydrogens is 330 g/mol. The van der Waals surface area contributed by atoms with Gasteiger partial charge in [-0.3, -0.25) is 19.7 Å². The van der Waals surface area contributed by atoms with Crippen LogP contribution in [0.5, 0.6) is 0 Å². The molecule has 2 aliphatic rings. The Labute approximate surface area is 143 Å². The van der Waals surface area contributed by atoms with Gasteiger partial charge >= 0.3 is 5.97 Å². The second-order valence-corrected chi connectivity index (χ2v) is 8.21. The Kier molecular flexibility index (Phi) is 4.27. The van der Waals surface area contributed by atoms with Gasteiger partial charge in [0.1, 0.15) is 18.1 Å². The van der Waals surface area contributed by atoms with Crippen LogP contribution in [0.1, 0.15) is 25.5 Å². The smallest absolute Gasteiger partial charge is 0.322 e. The lowest BCUT2D eigenvalue weighted by molar-refractivity contribution is -0.140. The van der Waals surface area contributed by atoms with Crippen LogP contribution in [0.25, 0.3) is 0 Å². The Morgan fingerprint density at radius 2 is 1.79 bits per heavy atom. The van der Waals surface area contributed by atoms with Gasteiger partial charge in [-0.15, -0.1) is 11.8 Å². The zero-order chi connectivity index (χ0) is 17.5. The Bertz CT molecular complexity index is 679. The molecule has 2 saturated heterocycles. The number of hydrogen-bond acceptors (Lipinski definition) is 5. The number of benzene rings is 1. The van der Waals surface area contributed by atoms with Gasteiger partial charge in [-0.2, -0.15) is 0 Å². The molecule has 1 aromatic carbocycles. The van der Waals surface area contributed by atoms with Gasteiger partial charge in [0, 0.05) is 4.75 Å². The molecule has 1 aromatic rings. The molecule has 0 unspecified atom stereocenters. The van der Waals surface area contributed by atoms with E-state index in [1.165, 1.54) is 11.8 Å². The van der Waals surface area contributed by atoms with Crippen LogP contribution in [0.4, 0.5) is 0 Å². The Morgan fingerprint density at radius 3 is 2.38 bits per heavy atom. The van der Waals surface area contributed by atoms with Crippen LogP contribution < -0.4 is 16.0 Å². The third-order valence-electron chi connectivity index (χ3n) is 4.27. The van der Waals surface area contributed by atoms with E-state index < -0.39 is 34.2 Å². The highest BCUT2D eigenvalue weighted by atomic mass is 32.2. The van der Waals surface area contributed by atoms with Gasteiger partial charge in [0.25, 0.3) is 0 Å². The van der Waals surface area contributed by atoms with Crippen molar-refractivity contribution in [1.29, 1.82) is 0 Å². The Balaban J connectivity index is 1.75. The summed E-state index contributed by atoms with van der Waals surface area (Å²) in [6.07, 6.45) is 0. The molecule has 0 spiro atoms. The van der Waals surface area contributed by atoms with Crippen molar-refractivity contribution >= 4 is 29.5 Å². The molecule has 4 N–H and O–H groups in total. The normalized spacial score (nSPS) is 32.1. The van der Waals surface area contributed by atoms with Gasteiger partial charge in [-0.25, -0.2) is 0 Å². The lowest BCUT2D eigenvalue weighted by Crippen LogP contribution is -2.63. The molecule has 0 saturated carbocycles. The number of carbonyl (C=O) groups excluding carboxylic acids is 2. The molecule has 0 bridgehead atoms. The lowest BCUT2D eigenvalue weighted by atomic mass is 10.0. The number of piperazine rings is 1. The van der Waals surface area contributed by atoms with Crippen LogP contribution in [0, 0.1) is 0 Å². The fourth-order valence-corrected chi connectivity index (χ4v) is 4.51. The standard InChI is InChI=1S/C16H19N3O4S/c1-16(2)11(15(22)23)19-14(24-16)10-13(21)17-9(12(20)18-10)8-6-4-3-5-7-8/h3-7,9-11,14,19H,1-2H3,(H,17,21)(H,18,20)(H,22,23)/t9-,10+,11+,14-/m1/s1. The summed E-state index contributed by atoms with van der Waals surface area (Å²) < 4.78 is -0.586. The van der Waals surface area contributed by atoms with Crippen molar-refractivity contribution in [3.63, 3.8) is 0 Å². The third kappa shape index (κ3) is 2.99. The summed E-state index contributed by atoms with van der Waals surface area (Å²) in [5.74, 6) is -1.60. The van der Waals surface area contributed by atoms with Crippen LogP contribution in [0.15, 0.2) is 30.3 Å². The van der Waals surface area contributed by atoms with Crippen LogP contribution >= 0.6 is 11.8 Å². The highest BCUT2D eigenvalue weighted by molar-refractivity contribution is 8.01. The molecule has 0 aliphatic carbocycles. The second-order valence-electron chi connectivity index (χ2n) is 6.42. The van der Waals surface area contributed by atoms with Gasteiger partial charge in [0.05, 0.1) is 5.37 Å². The molecule has 7 nitrogen and oxygen atoms in total. The fraction of sp³-hybridized carbons (Fsp3) is 0.438. The molecule has 3 rings (SSSR count). The first-order valence-corrected chi connectivity index (χ1v) is 8.50. The van der Waals surface area contributed by atoms with E-state index in [1.54, 1.807) is 38.1 Å². The first-order valence-electron chi connectivity index (χ1n) is 7.62. The van der Waals surface area contributed by atoms with Crippen LogP contribution in [-0.4, -0.2) is 45.1 Å². The van der Waals surface area contributed by atoms with Crippen molar-refractivity contribution in [2.24, 2.45) is 0 Å². The molecule has 2 aliphatic heterocycles. The first kappa shape index (κ1) is 16.8. The summed E-state index contributed by atoms with van der Waals surface area (Å²) in [6, 6.07) is 6.65. The van der Waals surface area contributed by atoms with Crippen molar-refractivity contribution in [3.8, 4) is 0 Å². The minimum Gasteiger partial charge on any atom is -0.480 e. The van der Waals surface area contributed by atoms with Crippen LogP contribution in [-0.2, 0) is 14.4 Å². The molecule has 2 fully saturated rings. The van der Waals surface area contributed by atoms with Crippen molar-refractivity contribution in [2.75, 3.05) is 0 Å². The maximum Gasteiger partial charge on any atom is 0.322 e. The number of amides is 2. The number of carboxylic acid groups (broad SMARTS) is 1. The van der Waals surface area contributed by atoms with Crippen molar-refractivity contribution < 1.29 is 19.5 Å². The van der Waals surface area contributed by atoms with Crippen LogP contribution in [0.3, 0.4) is 0 Å². The average Bonchev–Trinajstić information content (AvgIpc) is 2.85. The van der Waals surface area contributed by atoms with Gasteiger partial charge in [-0.05, 0) is 19.4 Å². The van der Waals surface area contributed by atoms with E-state index in [1.807, 2.05) is 6.07 Å². The van der Waals surface area contributed by atoms with E-state index >= 15 is 0 Å². The summed E-state index contributed by atoms with van der Waals surface area (Å²) in [6.45, 7) is 3.61. The molecule has 128 valence electrons. The number of rotatable bonds is 3. The van der Waals surface area contributed by atoms with Crippen molar-refractivity contribution in [1.82, 2.24) is 16.0 Å². The summed E-state index contributed by atoms with van der Waals surface area (Å²) in [5.41, 5.74) is 0.706. The molecule has 4 atom stereocenters. The zero-order valence-electron chi connectivity index (χ0n) is 13.3. The molecular formula is C16H19N3O4S. The first-order chi connectivity index (χ1) is 11.3. The highest BCUT2D eigenvalue weighted by Crippen LogP contribution is 2.39. The predicted octanol–water partition coefficient (Wildman–Crippen LogP) is 0.237. The van der Waals surface area contributed by atoms with Gasteiger partial charge in [0.2, 0.25) is 11.8 Å². The Hall–Kier alpha value is -2.06. The number of hydrogen-bond donors (Lipinski definition) is 4. The number of nitrogens with one attached hydrogen (secondary N) is 3. The average molecular weight is 349 g/mol. The lowest BCUT2D eigenvalue weighted by Gasteiger charge is -2.32. The molecule has 0 radical (unpaired) electrons. The van der Waals surface area contributed by atoms with E-state index in [2.05, 4.69) is 16.0 Å². The van der Waals surface area contributed by atoms with Gasteiger partial charge < -0.3 is 15.7 Å². The minimum absolute atomic E-state index is 0.301. The summed E-state index contributed by atoms with van der Waals surface area (Å²) in [4.78, 5) is 36.2. The molecule has 2 amide bonds. The van der Waals surface area contributed by atoms with E-state index in [-0.39, 0.29) is 11.8 Å². The summed E-state index contributed by atoms with van der Waals surface area (Å²) in [5, 5.41) is 17.2. The van der Waals surface area contributed by atoms with E-state index in [0.29, 0.717) is 5.56 Å². The van der Waals surface area contributed by atoms with Crippen molar-refractivity contribution in [2.45, 2.75) is 42.1 Å². The van der Waals surface area contributed by atoms with Gasteiger partial charge in [0.15, 0.2) is 0 Å². The fourth-order valence-electron chi connectivity index (χ4n) is 3.02. The van der Waals surface area contributed by atoms with Crippen molar-refractivity contribution in [3.05, 3.63) is 35.9 Å². The number of carboxylic acids is 1. The largest absolute Gasteiger partial charge is 0.480 e. The quantitative estimate of drug-likeness (QED) is 0.623. The topological polar surface area (TPSA) is 108 Å². The molecule has 2 heterocycles. The monoisotopic (exact) mass is 349 g/mol.